The van der Waals surface area contributed by atoms with Crippen molar-refractivity contribution in [1.29, 1.82) is 0 Å². The molecule has 4 aromatic rings. The highest BCUT2D eigenvalue weighted by Gasteiger charge is 2.17. The summed E-state index contributed by atoms with van der Waals surface area (Å²) < 4.78 is 7.77. The average Bonchev–Trinajstić information content (AvgIpc) is 3.17. The van der Waals surface area contributed by atoms with E-state index in [1.165, 1.54) is 0 Å². The van der Waals surface area contributed by atoms with E-state index in [4.69, 9.17) is 15.5 Å². The number of hydrogen-bond donors (Lipinski definition) is 2. The van der Waals surface area contributed by atoms with Crippen molar-refractivity contribution in [1.82, 2.24) is 19.9 Å². The molecule has 0 unspecified atom stereocenters. The van der Waals surface area contributed by atoms with Crippen molar-refractivity contribution in [3.63, 3.8) is 0 Å². The number of rotatable bonds is 8. The molecular weight excluding hydrogens is 402 g/mol. The molecule has 0 bridgehead atoms. The van der Waals surface area contributed by atoms with E-state index in [0.29, 0.717) is 43.2 Å². The molecule has 7 nitrogen and oxygen atoms in total. The number of carbonyl (C=O) groups excluding carboxylic acids is 1. The summed E-state index contributed by atoms with van der Waals surface area (Å²) in [6, 6.07) is 13.8. The second-order valence-corrected chi connectivity index (χ2v) is 7.89. The van der Waals surface area contributed by atoms with Gasteiger partial charge in [0.25, 0.3) is 5.91 Å². The van der Waals surface area contributed by atoms with E-state index >= 15 is 0 Å². The molecule has 0 aliphatic rings. The Labute approximate surface area is 187 Å². The number of pyridine rings is 1. The Balaban J connectivity index is 1.48. The molecule has 32 heavy (non-hydrogen) atoms. The van der Waals surface area contributed by atoms with Crippen LogP contribution in [0, 0.1) is 13.8 Å². The monoisotopic (exact) mass is 431 g/mol. The third-order valence-corrected chi connectivity index (χ3v) is 5.77. The Morgan fingerprint density at radius 3 is 2.69 bits per heavy atom. The van der Waals surface area contributed by atoms with Gasteiger partial charge in [0.1, 0.15) is 17.9 Å². The van der Waals surface area contributed by atoms with Gasteiger partial charge in [0.05, 0.1) is 5.52 Å². The normalized spacial score (nSPS) is 11.3. The fraction of sp³-hybridized carbons (Fsp3) is 0.320. The van der Waals surface area contributed by atoms with Crippen LogP contribution in [-0.4, -0.2) is 33.6 Å². The zero-order valence-corrected chi connectivity index (χ0v) is 18.8. The second-order valence-electron chi connectivity index (χ2n) is 7.89. The number of nitrogens with two attached hydrogens (primary N) is 1. The minimum Gasteiger partial charge on any atom is -0.382 e. The number of benzene rings is 2. The van der Waals surface area contributed by atoms with E-state index in [-0.39, 0.29) is 5.91 Å². The second kappa shape index (κ2) is 9.36. The summed E-state index contributed by atoms with van der Waals surface area (Å²) in [4.78, 5) is 21.8. The summed E-state index contributed by atoms with van der Waals surface area (Å²) in [6.07, 6.45) is 0.755. The Hall–Kier alpha value is -3.45. The van der Waals surface area contributed by atoms with Gasteiger partial charge in [-0.05, 0) is 55.7 Å². The Morgan fingerprint density at radius 1 is 1.12 bits per heavy atom. The molecule has 0 saturated heterocycles. The van der Waals surface area contributed by atoms with Crippen molar-refractivity contribution in [3.8, 4) is 0 Å². The van der Waals surface area contributed by atoms with E-state index in [0.717, 1.165) is 39.8 Å². The molecule has 2 aromatic carbocycles. The molecule has 0 radical (unpaired) electrons. The molecule has 0 spiro atoms. The zero-order chi connectivity index (χ0) is 22.7. The molecular formula is C25H29N5O2. The number of ether oxygens (including phenoxy) is 1. The summed E-state index contributed by atoms with van der Waals surface area (Å²) in [5.41, 5.74) is 10.5. The van der Waals surface area contributed by atoms with Crippen molar-refractivity contribution < 1.29 is 9.53 Å². The standard InChI is InChI=1S/C25H29N5O2/c1-4-32-15-21-29-22-23(16(2)17(3)28-24(22)26)30(21)13-7-12-27-25(31)20-11-10-18-8-5-6-9-19(18)14-20/h5-6,8-11,14H,4,7,12-13,15H2,1-3H3,(H2,26,28)(H,27,31). The number of aromatic nitrogens is 3. The molecule has 0 atom stereocenters. The number of nitrogens with zero attached hydrogens (tertiary/aromatic N) is 3. The first-order chi connectivity index (χ1) is 15.5. The van der Waals surface area contributed by atoms with Gasteiger partial charge < -0.3 is 20.4 Å². The summed E-state index contributed by atoms with van der Waals surface area (Å²) in [5.74, 6) is 1.19. The number of nitrogens with one attached hydrogen (secondary N) is 1. The van der Waals surface area contributed by atoms with Crippen LogP contribution < -0.4 is 11.1 Å². The molecule has 1 amide bonds. The van der Waals surface area contributed by atoms with Crippen LogP contribution in [0.5, 0.6) is 0 Å². The van der Waals surface area contributed by atoms with Gasteiger partial charge in [-0.25, -0.2) is 9.97 Å². The number of carbonyl (C=O) groups is 1. The highest BCUT2D eigenvalue weighted by atomic mass is 16.5. The van der Waals surface area contributed by atoms with Gasteiger partial charge in [-0.2, -0.15) is 0 Å². The lowest BCUT2D eigenvalue weighted by Gasteiger charge is -2.12. The van der Waals surface area contributed by atoms with E-state index in [1.807, 2.05) is 63.2 Å². The zero-order valence-electron chi connectivity index (χ0n) is 18.8. The smallest absolute Gasteiger partial charge is 0.251 e. The first kappa shape index (κ1) is 21.8. The van der Waals surface area contributed by atoms with Crippen LogP contribution in [0.15, 0.2) is 42.5 Å². The van der Waals surface area contributed by atoms with Crippen LogP contribution in [0.2, 0.25) is 0 Å². The van der Waals surface area contributed by atoms with Gasteiger partial charge in [-0.1, -0.05) is 30.3 Å². The Morgan fingerprint density at radius 2 is 1.91 bits per heavy atom. The third-order valence-electron chi connectivity index (χ3n) is 5.77. The Bertz CT molecular complexity index is 1280. The summed E-state index contributed by atoms with van der Waals surface area (Å²) in [5, 5.41) is 5.21. The quantitative estimate of drug-likeness (QED) is 0.409. The number of aryl methyl sites for hydroxylation is 3. The fourth-order valence-corrected chi connectivity index (χ4v) is 3.96. The molecule has 4 rings (SSSR count). The number of amides is 1. The summed E-state index contributed by atoms with van der Waals surface area (Å²) >= 11 is 0. The van der Waals surface area contributed by atoms with Crippen LogP contribution >= 0.6 is 0 Å². The van der Waals surface area contributed by atoms with E-state index in [9.17, 15) is 4.79 Å². The van der Waals surface area contributed by atoms with Crippen molar-refractivity contribution in [2.75, 3.05) is 18.9 Å². The first-order valence-electron chi connectivity index (χ1n) is 11.0. The van der Waals surface area contributed by atoms with Crippen LogP contribution in [0.3, 0.4) is 0 Å². The van der Waals surface area contributed by atoms with E-state index < -0.39 is 0 Å². The van der Waals surface area contributed by atoms with Gasteiger partial charge >= 0.3 is 0 Å². The third kappa shape index (κ3) is 4.29. The minimum absolute atomic E-state index is 0.0683. The molecule has 0 saturated carbocycles. The lowest BCUT2D eigenvalue weighted by Crippen LogP contribution is -2.25. The van der Waals surface area contributed by atoms with Crippen LogP contribution in [0.25, 0.3) is 21.8 Å². The molecule has 2 heterocycles. The first-order valence-corrected chi connectivity index (χ1v) is 11.0. The van der Waals surface area contributed by atoms with Crippen LogP contribution in [-0.2, 0) is 17.9 Å². The SMILES string of the molecule is CCOCc1nc2c(N)nc(C)c(C)c2n1CCCNC(=O)c1ccc2ccccc2c1. The van der Waals surface area contributed by atoms with Gasteiger partial charge in [0.15, 0.2) is 5.82 Å². The molecule has 0 fully saturated rings. The number of hydrogen-bond acceptors (Lipinski definition) is 5. The molecule has 0 aliphatic heterocycles. The molecule has 166 valence electrons. The Kier molecular flexibility index (Phi) is 6.37. The maximum Gasteiger partial charge on any atom is 0.251 e. The van der Waals surface area contributed by atoms with Crippen LogP contribution in [0.1, 0.15) is 40.8 Å². The number of imidazole rings is 1. The largest absolute Gasteiger partial charge is 0.382 e. The van der Waals surface area contributed by atoms with E-state index in [2.05, 4.69) is 14.9 Å². The average molecular weight is 432 g/mol. The minimum atomic E-state index is -0.0683. The van der Waals surface area contributed by atoms with Crippen molar-refractivity contribution in [3.05, 3.63) is 65.1 Å². The molecule has 7 heteroatoms. The van der Waals surface area contributed by atoms with Gasteiger partial charge in [-0.3, -0.25) is 4.79 Å². The number of nitrogen functional groups attached to an aromatic ring is 1. The predicted molar refractivity (Wildman–Crippen MR) is 128 cm³/mol. The van der Waals surface area contributed by atoms with Gasteiger partial charge in [0.2, 0.25) is 0 Å². The van der Waals surface area contributed by atoms with Crippen LogP contribution in [0.4, 0.5) is 5.82 Å². The highest BCUT2D eigenvalue weighted by Crippen LogP contribution is 2.26. The lowest BCUT2D eigenvalue weighted by atomic mass is 10.1. The van der Waals surface area contributed by atoms with Crippen molar-refractivity contribution >= 4 is 33.5 Å². The van der Waals surface area contributed by atoms with Gasteiger partial charge in [0, 0.05) is 31.0 Å². The highest BCUT2D eigenvalue weighted by molar-refractivity contribution is 5.98. The predicted octanol–water partition coefficient (Wildman–Crippen LogP) is 4.14. The lowest BCUT2D eigenvalue weighted by molar-refractivity contribution is 0.0952. The molecule has 3 N–H and O–H groups in total. The topological polar surface area (TPSA) is 95.1 Å². The van der Waals surface area contributed by atoms with Gasteiger partial charge in [-0.15, -0.1) is 0 Å². The number of fused-ring (bicyclic) bond motifs is 2. The van der Waals surface area contributed by atoms with E-state index in [1.54, 1.807) is 0 Å². The summed E-state index contributed by atoms with van der Waals surface area (Å²) in [7, 11) is 0. The fourth-order valence-electron chi connectivity index (χ4n) is 3.96. The molecule has 0 aliphatic carbocycles. The summed E-state index contributed by atoms with van der Waals surface area (Å²) in [6.45, 7) is 8.21. The van der Waals surface area contributed by atoms with Crippen molar-refractivity contribution in [2.45, 2.75) is 40.3 Å². The number of anilines is 1. The van der Waals surface area contributed by atoms with Crippen molar-refractivity contribution in [2.24, 2.45) is 0 Å². The maximum atomic E-state index is 12.6. The molecule has 2 aromatic heterocycles. The maximum absolute atomic E-state index is 12.6.